The van der Waals surface area contributed by atoms with Gasteiger partial charge in [0.1, 0.15) is 0 Å². The molecule has 0 spiro atoms. The molecule has 0 saturated heterocycles. The van der Waals surface area contributed by atoms with Crippen LogP contribution >= 0.6 is 15.9 Å². The largest absolute Gasteiger partial charge is 0.489 e. The number of carbonyl (C=O) groups is 2. The molecule has 0 atom stereocenters. The zero-order valence-corrected chi connectivity index (χ0v) is 28.1. The van der Waals surface area contributed by atoms with E-state index >= 15 is 0 Å². The molecule has 0 aromatic heterocycles. The Morgan fingerprint density at radius 3 is 1.42 bits per heavy atom. The average Bonchev–Trinajstić information content (AvgIpc) is 3.15. The van der Waals surface area contributed by atoms with E-state index in [4.69, 9.17) is 4.74 Å². The van der Waals surface area contributed by atoms with Crippen molar-refractivity contribution in [2.24, 2.45) is 0 Å². The van der Waals surface area contributed by atoms with E-state index in [1.165, 1.54) is 14.2 Å². The molecule has 6 aromatic carbocycles. The first kappa shape index (κ1) is 35.6. The van der Waals surface area contributed by atoms with Gasteiger partial charge >= 0.3 is 19.1 Å². The average molecular weight is 701 g/mol. The number of esters is 2. The van der Waals surface area contributed by atoms with Crippen molar-refractivity contribution in [3.05, 3.63) is 173 Å². The molecule has 0 saturated carbocycles. The van der Waals surface area contributed by atoms with Crippen molar-refractivity contribution in [2.45, 2.75) is 0 Å². The second-order valence-corrected chi connectivity index (χ2v) is 11.1. The van der Waals surface area contributed by atoms with Crippen molar-refractivity contribution in [1.29, 1.82) is 0 Å². The van der Waals surface area contributed by atoms with Gasteiger partial charge in [0, 0.05) is 4.47 Å². The number of ether oxygens (including phenoxy) is 2. The van der Waals surface area contributed by atoms with Gasteiger partial charge < -0.3 is 19.5 Å². The van der Waals surface area contributed by atoms with Gasteiger partial charge in [-0.2, -0.15) is 0 Å². The van der Waals surface area contributed by atoms with Crippen LogP contribution in [0.25, 0.3) is 33.4 Å². The third-order valence-corrected chi connectivity index (χ3v) is 7.93. The molecule has 0 aliphatic carbocycles. The minimum absolute atomic E-state index is 0.321. The van der Waals surface area contributed by atoms with Crippen LogP contribution < -0.4 is 5.46 Å². The van der Waals surface area contributed by atoms with Gasteiger partial charge in [0.2, 0.25) is 0 Å². The highest BCUT2D eigenvalue weighted by molar-refractivity contribution is 9.10. The monoisotopic (exact) mass is 700 g/mol. The quantitative estimate of drug-likeness (QED) is 0.135. The summed E-state index contributed by atoms with van der Waals surface area (Å²) in [5.74, 6) is -0.643. The third kappa shape index (κ3) is 9.39. The SMILES string of the molecule is COC(=O)c1ccccc1-c1ccccc1-c1ccccc1.COC(=O)c1ccccc1Br.OB(O)c1ccccc1-c1ccccc1. The van der Waals surface area contributed by atoms with Gasteiger partial charge in [0.05, 0.1) is 25.3 Å². The molecule has 0 fully saturated rings. The molecule has 2 N–H and O–H groups in total. The number of methoxy groups -OCH3 is 2. The molecule has 8 heteroatoms. The van der Waals surface area contributed by atoms with Crippen molar-refractivity contribution in [3.8, 4) is 33.4 Å². The summed E-state index contributed by atoms with van der Waals surface area (Å²) in [6.45, 7) is 0. The van der Waals surface area contributed by atoms with Gasteiger partial charge in [-0.1, -0.05) is 140 Å². The summed E-state index contributed by atoms with van der Waals surface area (Å²) in [4.78, 5) is 23.0. The van der Waals surface area contributed by atoms with Gasteiger partial charge in [-0.15, -0.1) is 0 Å². The van der Waals surface area contributed by atoms with E-state index < -0.39 is 7.12 Å². The number of halogens is 1. The van der Waals surface area contributed by atoms with Crippen molar-refractivity contribution in [1.82, 2.24) is 0 Å². The lowest BCUT2D eigenvalue weighted by Gasteiger charge is -2.13. The summed E-state index contributed by atoms with van der Waals surface area (Å²) >= 11 is 3.24. The molecule has 0 aliphatic rings. The van der Waals surface area contributed by atoms with Crippen LogP contribution in [0.5, 0.6) is 0 Å². The van der Waals surface area contributed by atoms with Gasteiger partial charge in [0.25, 0.3) is 0 Å². The van der Waals surface area contributed by atoms with E-state index in [9.17, 15) is 19.6 Å². The number of hydrogen-bond acceptors (Lipinski definition) is 6. The lowest BCUT2D eigenvalue weighted by atomic mass is 9.75. The highest BCUT2D eigenvalue weighted by Gasteiger charge is 2.16. The Morgan fingerprint density at radius 2 is 0.875 bits per heavy atom. The summed E-state index contributed by atoms with van der Waals surface area (Å²) in [5.41, 5.74) is 7.63. The highest BCUT2D eigenvalue weighted by atomic mass is 79.9. The lowest BCUT2D eigenvalue weighted by molar-refractivity contribution is 0.0591. The van der Waals surface area contributed by atoms with Crippen LogP contribution in [0.2, 0.25) is 0 Å². The van der Waals surface area contributed by atoms with Gasteiger partial charge in [-0.25, -0.2) is 9.59 Å². The van der Waals surface area contributed by atoms with Crippen LogP contribution in [0.1, 0.15) is 20.7 Å². The second kappa shape index (κ2) is 18.2. The standard InChI is InChI=1S/C20H16O2.C12H11BO2.C8H7BrO2/c1-22-20(21)19-14-8-7-13-18(19)17-12-6-5-11-16(17)15-9-3-2-4-10-15;14-13(15)12-9-5-4-8-11(12)10-6-2-1-3-7-10;1-11-8(10)6-4-2-3-5-7(6)9/h2-14H,1H3;1-9,14-15H;2-5H,1H3. The summed E-state index contributed by atoms with van der Waals surface area (Å²) in [5, 5.41) is 18.4. The fourth-order valence-corrected chi connectivity index (χ4v) is 5.38. The molecule has 48 heavy (non-hydrogen) atoms. The summed E-state index contributed by atoms with van der Waals surface area (Å²) in [7, 11) is 1.34. The van der Waals surface area contributed by atoms with Crippen molar-refractivity contribution >= 4 is 40.4 Å². The maximum atomic E-state index is 12.0. The molecule has 0 unspecified atom stereocenters. The zero-order chi connectivity index (χ0) is 34.3. The normalized spacial score (nSPS) is 9.94. The Morgan fingerprint density at radius 1 is 0.479 bits per heavy atom. The van der Waals surface area contributed by atoms with Gasteiger partial charge in [-0.3, -0.25) is 0 Å². The van der Waals surface area contributed by atoms with E-state index in [2.05, 4.69) is 38.9 Å². The maximum absolute atomic E-state index is 12.0. The summed E-state index contributed by atoms with van der Waals surface area (Å²) < 4.78 is 10.2. The number of benzene rings is 6. The number of hydrogen-bond donors (Lipinski definition) is 2. The number of carbonyl (C=O) groups excluding carboxylic acids is 2. The van der Waals surface area contributed by atoms with Gasteiger partial charge in [0.15, 0.2) is 0 Å². The van der Waals surface area contributed by atoms with Crippen molar-refractivity contribution in [3.63, 3.8) is 0 Å². The topological polar surface area (TPSA) is 93.1 Å². The first-order valence-electron chi connectivity index (χ1n) is 15.0. The Labute approximate surface area is 289 Å². The molecule has 6 rings (SSSR count). The lowest BCUT2D eigenvalue weighted by Crippen LogP contribution is -2.31. The molecule has 6 nitrogen and oxygen atoms in total. The third-order valence-electron chi connectivity index (χ3n) is 7.24. The Balaban J connectivity index is 0.000000174. The van der Waals surface area contributed by atoms with Crippen LogP contribution in [0, 0.1) is 0 Å². The first-order valence-corrected chi connectivity index (χ1v) is 15.8. The zero-order valence-electron chi connectivity index (χ0n) is 26.5. The molecule has 6 aromatic rings. The molecule has 240 valence electrons. The first-order chi connectivity index (χ1) is 23.3. The van der Waals surface area contributed by atoms with E-state index in [-0.39, 0.29) is 11.9 Å². The molecule has 0 aliphatic heterocycles. The Bertz CT molecular complexity index is 1930. The molecule has 0 amide bonds. The van der Waals surface area contributed by atoms with Crippen LogP contribution in [-0.2, 0) is 9.47 Å². The maximum Gasteiger partial charge on any atom is 0.489 e. The predicted molar refractivity (Wildman–Crippen MR) is 196 cm³/mol. The van der Waals surface area contributed by atoms with E-state index in [0.717, 1.165) is 37.9 Å². The van der Waals surface area contributed by atoms with E-state index in [1.54, 1.807) is 36.4 Å². The van der Waals surface area contributed by atoms with Crippen LogP contribution in [0.15, 0.2) is 162 Å². The minimum atomic E-state index is -1.43. The Kier molecular flexibility index (Phi) is 13.5. The van der Waals surface area contributed by atoms with Crippen LogP contribution in [0.3, 0.4) is 0 Å². The van der Waals surface area contributed by atoms with E-state index in [1.807, 2.05) is 103 Å². The number of rotatable bonds is 6. The van der Waals surface area contributed by atoms with Crippen molar-refractivity contribution < 1.29 is 29.1 Å². The highest BCUT2D eigenvalue weighted by Crippen LogP contribution is 2.34. The van der Waals surface area contributed by atoms with Crippen LogP contribution in [-0.4, -0.2) is 43.3 Å². The van der Waals surface area contributed by atoms with Crippen molar-refractivity contribution in [2.75, 3.05) is 14.2 Å². The van der Waals surface area contributed by atoms with Crippen LogP contribution in [0.4, 0.5) is 0 Å². The Hall–Kier alpha value is -5.28. The molecule has 0 radical (unpaired) electrons. The van der Waals surface area contributed by atoms with E-state index in [0.29, 0.717) is 16.6 Å². The fourth-order valence-electron chi connectivity index (χ4n) is 4.93. The smallest absolute Gasteiger partial charge is 0.465 e. The molecular formula is C40H34BBrO6. The predicted octanol–water partition coefficient (Wildman–Crippen LogP) is 8.08. The molecule has 0 heterocycles. The summed E-state index contributed by atoms with van der Waals surface area (Å²) in [6, 6.07) is 49.9. The fraction of sp³-hybridized carbons (Fsp3) is 0.0500. The summed E-state index contributed by atoms with van der Waals surface area (Å²) in [6.07, 6.45) is 0. The molecular weight excluding hydrogens is 667 g/mol. The van der Waals surface area contributed by atoms with Gasteiger partial charge in [-0.05, 0) is 73.0 Å². The second-order valence-electron chi connectivity index (χ2n) is 10.2. The minimum Gasteiger partial charge on any atom is -0.465 e. The molecule has 0 bridgehead atoms.